The molecule has 118 valence electrons. The van der Waals surface area contributed by atoms with Crippen molar-refractivity contribution in [2.45, 2.75) is 6.92 Å². The zero-order valence-corrected chi connectivity index (χ0v) is 13.6. The maximum Gasteiger partial charge on any atom is 0.279 e. The molecule has 0 bridgehead atoms. The fourth-order valence-electron chi connectivity index (χ4n) is 2.35. The number of para-hydroxylation sites is 2. The monoisotopic (exact) mass is 335 g/mol. The van der Waals surface area contributed by atoms with Gasteiger partial charge in [-0.05, 0) is 31.2 Å². The van der Waals surface area contributed by atoms with Gasteiger partial charge in [-0.15, -0.1) is 5.10 Å². The summed E-state index contributed by atoms with van der Waals surface area (Å²) in [5.41, 5.74) is 2.53. The van der Waals surface area contributed by atoms with Crippen LogP contribution in [0.3, 0.4) is 0 Å². The molecule has 0 aliphatic carbocycles. The third-order valence-electron chi connectivity index (χ3n) is 3.50. The lowest BCUT2D eigenvalue weighted by atomic mass is 10.3. The van der Waals surface area contributed by atoms with Crippen molar-refractivity contribution in [1.29, 1.82) is 0 Å². The van der Waals surface area contributed by atoms with Crippen molar-refractivity contribution in [1.82, 2.24) is 20.0 Å². The highest BCUT2D eigenvalue weighted by Crippen LogP contribution is 2.25. The molecule has 6 nitrogen and oxygen atoms in total. The zero-order valence-electron chi connectivity index (χ0n) is 12.8. The number of aromatic nitrogens is 4. The molecule has 4 aromatic rings. The number of hydrogen-bond acceptors (Lipinski definition) is 5. The van der Waals surface area contributed by atoms with Crippen molar-refractivity contribution >= 4 is 32.6 Å². The van der Waals surface area contributed by atoms with Crippen molar-refractivity contribution in [2.24, 2.45) is 0 Å². The first kappa shape index (κ1) is 14.5. The minimum absolute atomic E-state index is 0.290. The third kappa shape index (κ3) is 2.65. The first-order valence-electron chi connectivity index (χ1n) is 7.37. The van der Waals surface area contributed by atoms with Gasteiger partial charge in [0.25, 0.3) is 5.91 Å². The van der Waals surface area contributed by atoms with Gasteiger partial charge in [0.1, 0.15) is 0 Å². The molecule has 4 rings (SSSR count). The predicted octanol–water partition coefficient (Wildman–Crippen LogP) is 3.44. The van der Waals surface area contributed by atoms with Crippen LogP contribution in [0.5, 0.6) is 0 Å². The molecular weight excluding hydrogens is 322 g/mol. The first-order valence-corrected chi connectivity index (χ1v) is 8.18. The number of nitrogens with one attached hydrogen (secondary N) is 1. The lowest BCUT2D eigenvalue weighted by molar-refractivity contribution is 0.102. The Labute approximate surface area is 141 Å². The molecule has 0 radical (unpaired) electrons. The maximum atomic E-state index is 12.5. The van der Waals surface area contributed by atoms with Crippen molar-refractivity contribution < 1.29 is 4.79 Å². The minimum atomic E-state index is -0.311. The number of thiazole rings is 1. The molecule has 1 N–H and O–H groups in total. The quantitative estimate of drug-likeness (QED) is 0.622. The molecule has 2 heterocycles. The van der Waals surface area contributed by atoms with Crippen LogP contribution in [0.25, 0.3) is 15.9 Å². The van der Waals surface area contributed by atoms with Crippen molar-refractivity contribution in [2.75, 3.05) is 5.32 Å². The number of aryl methyl sites for hydroxylation is 1. The number of carbonyl (C=O) groups is 1. The first-order chi connectivity index (χ1) is 11.7. The SMILES string of the molecule is Cc1nn(-c2ccccc2)nc1C(=O)Nc1nc2ccccc2s1. The number of hydrogen-bond donors (Lipinski definition) is 1. The Kier molecular flexibility index (Phi) is 3.55. The molecule has 0 atom stereocenters. The lowest BCUT2D eigenvalue weighted by Gasteiger charge is -1.98. The average molecular weight is 335 g/mol. The van der Waals surface area contributed by atoms with Crippen LogP contribution in [0.1, 0.15) is 16.2 Å². The third-order valence-corrected chi connectivity index (χ3v) is 4.45. The summed E-state index contributed by atoms with van der Waals surface area (Å²) in [5.74, 6) is -0.311. The van der Waals surface area contributed by atoms with Gasteiger partial charge in [0.15, 0.2) is 10.8 Å². The minimum Gasteiger partial charge on any atom is -0.296 e. The van der Waals surface area contributed by atoms with Gasteiger partial charge in [0, 0.05) is 0 Å². The number of rotatable bonds is 3. The van der Waals surface area contributed by atoms with Crippen LogP contribution >= 0.6 is 11.3 Å². The second-order valence-corrected chi connectivity index (χ2v) is 6.23. The van der Waals surface area contributed by atoms with E-state index in [1.807, 2.05) is 54.6 Å². The summed E-state index contributed by atoms with van der Waals surface area (Å²) in [6.45, 7) is 1.76. The Morgan fingerprint density at radius 1 is 1.04 bits per heavy atom. The number of anilines is 1. The molecule has 0 unspecified atom stereocenters. The molecule has 0 aliphatic rings. The smallest absolute Gasteiger partial charge is 0.279 e. The standard InChI is InChI=1S/C17H13N5OS/c1-11-15(21-22(20-11)12-7-3-2-4-8-12)16(23)19-17-18-13-9-5-6-10-14(13)24-17/h2-10H,1H3,(H,18,19,23). The molecule has 24 heavy (non-hydrogen) atoms. The highest BCUT2D eigenvalue weighted by Gasteiger charge is 2.18. The Balaban J connectivity index is 1.61. The summed E-state index contributed by atoms with van der Waals surface area (Å²) < 4.78 is 1.03. The van der Waals surface area contributed by atoms with Crippen LogP contribution in [-0.2, 0) is 0 Å². The summed E-state index contributed by atoms with van der Waals surface area (Å²) in [7, 11) is 0. The van der Waals surface area contributed by atoms with E-state index in [4.69, 9.17) is 0 Å². The molecular formula is C17H13N5OS. The summed E-state index contributed by atoms with van der Waals surface area (Å²) in [4.78, 5) is 18.4. The molecule has 0 saturated carbocycles. The van der Waals surface area contributed by atoms with Crippen LogP contribution in [0.2, 0.25) is 0 Å². The van der Waals surface area contributed by atoms with Crippen LogP contribution in [0.4, 0.5) is 5.13 Å². The molecule has 2 aromatic heterocycles. The number of carbonyl (C=O) groups excluding carboxylic acids is 1. The summed E-state index contributed by atoms with van der Waals surface area (Å²) >= 11 is 1.43. The number of amides is 1. The van der Waals surface area contributed by atoms with Gasteiger partial charge in [-0.25, -0.2) is 4.98 Å². The van der Waals surface area contributed by atoms with Crippen LogP contribution in [-0.4, -0.2) is 25.9 Å². The van der Waals surface area contributed by atoms with Crippen molar-refractivity contribution in [3.8, 4) is 5.69 Å². The van der Waals surface area contributed by atoms with E-state index in [0.717, 1.165) is 15.9 Å². The zero-order chi connectivity index (χ0) is 16.5. The second-order valence-electron chi connectivity index (χ2n) is 5.20. The Hall–Kier alpha value is -3.06. The van der Waals surface area contributed by atoms with E-state index >= 15 is 0 Å². The summed E-state index contributed by atoms with van der Waals surface area (Å²) in [6.07, 6.45) is 0. The number of nitrogens with zero attached hydrogens (tertiary/aromatic N) is 4. The molecule has 2 aromatic carbocycles. The van der Waals surface area contributed by atoms with Gasteiger partial charge >= 0.3 is 0 Å². The Morgan fingerprint density at radius 2 is 1.79 bits per heavy atom. The van der Waals surface area contributed by atoms with Crippen LogP contribution < -0.4 is 5.32 Å². The molecule has 0 aliphatic heterocycles. The normalized spacial score (nSPS) is 10.9. The average Bonchev–Trinajstić information content (AvgIpc) is 3.18. The molecule has 0 saturated heterocycles. The van der Waals surface area contributed by atoms with E-state index < -0.39 is 0 Å². The predicted molar refractivity (Wildman–Crippen MR) is 93.7 cm³/mol. The summed E-state index contributed by atoms with van der Waals surface area (Å²) in [5, 5.41) is 12.0. The van der Waals surface area contributed by atoms with Crippen molar-refractivity contribution in [3.63, 3.8) is 0 Å². The molecule has 0 spiro atoms. The summed E-state index contributed by atoms with van der Waals surface area (Å²) in [6, 6.07) is 17.2. The van der Waals surface area contributed by atoms with Crippen LogP contribution in [0, 0.1) is 6.92 Å². The van der Waals surface area contributed by atoms with Gasteiger partial charge in [-0.1, -0.05) is 41.7 Å². The maximum absolute atomic E-state index is 12.5. The Morgan fingerprint density at radius 3 is 2.58 bits per heavy atom. The van der Waals surface area contributed by atoms with E-state index in [0.29, 0.717) is 10.8 Å². The highest BCUT2D eigenvalue weighted by atomic mass is 32.1. The van der Waals surface area contributed by atoms with E-state index in [9.17, 15) is 4.79 Å². The molecule has 7 heteroatoms. The Bertz CT molecular complexity index is 989. The van der Waals surface area contributed by atoms with Gasteiger partial charge in [0.2, 0.25) is 0 Å². The number of fused-ring (bicyclic) bond motifs is 1. The van der Waals surface area contributed by atoms with Crippen LogP contribution in [0.15, 0.2) is 54.6 Å². The second kappa shape index (κ2) is 5.86. The van der Waals surface area contributed by atoms with Gasteiger partial charge in [-0.3, -0.25) is 10.1 Å². The molecule has 1 amide bonds. The fraction of sp³-hybridized carbons (Fsp3) is 0.0588. The van der Waals surface area contributed by atoms with E-state index in [2.05, 4.69) is 20.5 Å². The lowest BCUT2D eigenvalue weighted by Crippen LogP contribution is -2.14. The van der Waals surface area contributed by atoms with E-state index in [1.165, 1.54) is 16.1 Å². The van der Waals surface area contributed by atoms with Crippen molar-refractivity contribution in [3.05, 3.63) is 66.0 Å². The van der Waals surface area contributed by atoms with Gasteiger partial charge in [-0.2, -0.15) is 9.90 Å². The largest absolute Gasteiger partial charge is 0.296 e. The fourth-order valence-corrected chi connectivity index (χ4v) is 3.21. The van der Waals surface area contributed by atoms with E-state index in [1.54, 1.807) is 6.92 Å². The molecule has 0 fully saturated rings. The van der Waals surface area contributed by atoms with E-state index in [-0.39, 0.29) is 11.6 Å². The topological polar surface area (TPSA) is 72.7 Å². The van der Waals surface area contributed by atoms with Gasteiger partial charge in [0.05, 0.1) is 21.6 Å². The number of benzene rings is 2. The highest BCUT2D eigenvalue weighted by molar-refractivity contribution is 7.22. The van der Waals surface area contributed by atoms with Gasteiger partial charge < -0.3 is 0 Å².